The molecule has 0 bridgehead atoms. The second-order valence-corrected chi connectivity index (χ2v) is 9.18. The molecule has 0 unspecified atom stereocenters. The highest BCUT2D eigenvalue weighted by Crippen LogP contribution is 2.27. The highest BCUT2D eigenvalue weighted by Gasteiger charge is 2.22. The van der Waals surface area contributed by atoms with Crippen LogP contribution in [0, 0.1) is 0 Å². The zero-order chi connectivity index (χ0) is 21.9. The standard InChI is InChI=1S/C28H31N3O/c1-21-4-3-15-30(21)16-12-22-6-8-23(9-7-22)24-10-11-27-20-31(17-13-25(27)18-24)28(32)26-5-2-14-29-19-26/h2,5-11,14,18-19,21H,3-4,12-13,15-17,20H2,1H3/t21-/m1/s1. The number of hydrogen-bond acceptors (Lipinski definition) is 3. The molecule has 164 valence electrons. The topological polar surface area (TPSA) is 36.4 Å². The van der Waals surface area contributed by atoms with Gasteiger partial charge in [-0.3, -0.25) is 9.78 Å². The number of likely N-dealkylation sites (tertiary alicyclic amines) is 1. The average molecular weight is 426 g/mol. The second-order valence-electron chi connectivity index (χ2n) is 9.18. The lowest BCUT2D eigenvalue weighted by atomic mass is 9.94. The number of pyridine rings is 1. The zero-order valence-corrected chi connectivity index (χ0v) is 18.8. The van der Waals surface area contributed by atoms with Gasteiger partial charge < -0.3 is 9.80 Å². The molecule has 1 fully saturated rings. The molecular weight excluding hydrogens is 394 g/mol. The minimum Gasteiger partial charge on any atom is -0.334 e. The Hall–Kier alpha value is -2.98. The number of rotatable bonds is 5. The lowest BCUT2D eigenvalue weighted by Gasteiger charge is -2.29. The summed E-state index contributed by atoms with van der Waals surface area (Å²) in [6, 6.07) is 20.2. The van der Waals surface area contributed by atoms with Crippen molar-refractivity contribution >= 4 is 5.91 Å². The van der Waals surface area contributed by atoms with Crippen molar-refractivity contribution in [3.8, 4) is 11.1 Å². The smallest absolute Gasteiger partial charge is 0.255 e. The van der Waals surface area contributed by atoms with Crippen LogP contribution in [0.3, 0.4) is 0 Å². The molecule has 0 saturated carbocycles. The molecule has 1 amide bonds. The lowest BCUT2D eigenvalue weighted by molar-refractivity contribution is 0.0734. The van der Waals surface area contributed by atoms with Crippen molar-refractivity contribution in [2.24, 2.45) is 0 Å². The first kappa shape index (κ1) is 20.9. The normalized spacial score (nSPS) is 18.5. The monoisotopic (exact) mass is 425 g/mol. The van der Waals surface area contributed by atoms with Crippen LogP contribution in [0.4, 0.5) is 0 Å². The maximum absolute atomic E-state index is 12.8. The summed E-state index contributed by atoms with van der Waals surface area (Å²) in [6.45, 7) is 6.17. The van der Waals surface area contributed by atoms with E-state index >= 15 is 0 Å². The summed E-state index contributed by atoms with van der Waals surface area (Å²) in [5.74, 6) is 0.0618. The molecule has 4 nitrogen and oxygen atoms in total. The molecule has 2 aliphatic heterocycles. The van der Waals surface area contributed by atoms with Gasteiger partial charge in [-0.05, 0) is 79.1 Å². The Balaban J connectivity index is 1.24. The van der Waals surface area contributed by atoms with Gasteiger partial charge in [0.25, 0.3) is 5.91 Å². The van der Waals surface area contributed by atoms with Crippen LogP contribution in [0.15, 0.2) is 67.0 Å². The van der Waals surface area contributed by atoms with Crippen LogP contribution < -0.4 is 0 Å². The van der Waals surface area contributed by atoms with Gasteiger partial charge in [0.05, 0.1) is 5.56 Å². The first-order chi connectivity index (χ1) is 15.7. The fourth-order valence-electron chi connectivity index (χ4n) is 5.04. The van der Waals surface area contributed by atoms with Crippen molar-refractivity contribution in [3.05, 3.63) is 89.2 Å². The molecule has 0 N–H and O–H groups in total. The predicted molar refractivity (Wildman–Crippen MR) is 129 cm³/mol. The van der Waals surface area contributed by atoms with E-state index in [2.05, 4.69) is 59.3 Å². The predicted octanol–water partition coefficient (Wildman–Crippen LogP) is 4.97. The fraction of sp³-hybridized carbons (Fsp3) is 0.357. The van der Waals surface area contributed by atoms with Crippen molar-refractivity contribution in [1.29, 1.82) is 0 Å². The summed E-state index contributed by atoms with van der Waals surface area (Å²) in [5.41, 5.74) is 7.19. The number of nitrogens with zero attached hydrogens (tertiary/aromatic N) is 3. The van der Waals surface area contributed by atoms with Crippen LogP contribution >= 0.6 is 0 Å². The zero-order valence-electron chi connectivity index (χ0n) is 18.8. The van der Waals surface area contributed by atoms with Crippen LogP contribution in [-0.2, 0) is 19.4 Å². The summed E-state index contributed by atoms with van der Waals surface area (Å²) in [6.07, 6.45) is 8.04. The quantitative estimate of drug-likeness (QED) is 0.579. The first-order valence-electron chi connectivity index (χ1n) is 11.8. The van der Waals surface area contributed by atoms with E-state index in [1.54, 1.807) is 12.4 Å². The molecular formula is C28H31N3O. The largest absolute Gasteiger partial charge is 0.334 e. The minimum atomic E-state index is 0.0618. The molecule has 1 aromatic heterocycles. The molecule has 32 heavy (non-hydrogen) atoms. The molecule has 0 spiro atoms. The van der Waals surface area contributed by atoms with Gasteiger partial charge >= 0.3 is 0 Å². The molecule has 4 heteroatoms. The second kappa shape index (κ2) is 9.25. The number of amides is 1. The van der Waals surface area contributed by atoms with Crippen molar-refractivity contribution in [2.75, 3.05) is 19.6 Å². The van der Waals surface area contributed by atoms with Crippen LogP contribution in [0.5, 0.6) is 0 Å². The lowest BCUT2D eigenvalue weighted by Crippen LogP contribution is -2.36. The summed E-state index contributed by atoms with van der Waals surface area (Å²) < 4.78 is 0. The van der Waals surface area contributed by atoms with E-state index in [9.17, 15) is 4.79 Å². The van der Waals surface area contributed by atoms with Crippen molar-refractivity contribution in [1.82, 2.24) is 14.8 Å². The number of fused-ring (bicyclic) bond motifs is 1. The van der Waals surface area contributed by atoms with Crippen molar-refractivity contribution < 1.29 is 4.79 Å². The molecule has 1 atom stereocenters. The molecule has 5 rings (SSSR count). The molecule has 0 aliphatic carbocycles. The first-order valence-corrected chi connectivity index (χ1v) is 11.8. The Morgan fingerprint density at radius 2 is 1.88 bits per heavy atom. The Labute approximate surface area is 190 Å². The third kappa shape index (κ3) is 4.46. The summed E-state index contributed by atoms with van der Waals surface area (Å²) in [4.78, 5) is 21.4. The Morgan fingerprint density at radius 3 is 2.62 bits per heavy atom. The fourth-order valence-corrected chi connectivity index (χ4v) is 5.04. The van der Waals surface area contributed by atoms with Gasteiger partial charge in [-0.1, -0.05) is 42.5 Å². The van der Waals surface area contributed by atoms with Gasteiger partial charge in [0.1, 0.15) is 0 Å². The third-order valence-corrected chi connectivity index (χ3v) is 7.08. The Kier molecular flexibility index (Phi) is 6.04. The number of carbonyl (C=O) groups is 1. The number of benzene rings is 2. The van der Waals surface area contributed by atoms with Gasteiger partial charge in [-0.15, -0.1) is 0 Å². The molecule has 2 aliphatic rings. The van der Waals surface area contributed by atoms with E-state index in [4.69, 9.17) is 0 Å². The van der Waals surface area contributed by atoms with Gasteiger partial charge in [0, 0.05) is 38.1 Å². The van der Waals surface area contributed by atoms with Crippen molar-refractivity contribution in [3.63, 3.8) is 0 Å². The Bertz CT molecular complexity index is 1080. The maximum Gasteiger partial charge on any atom is 0.255 e. The molecule has 2 aromatic carbocycles. The Morgan fingerprint density at radius 1 is 1.03 bits per heavy atom. The third-order valence-electron chi connectivity index (χ3n) is 7.08. The van der Waals surface area contributed by atoms with Gasteiger partial charge in [-0.2, -0.15) is 0 Å². The molecule has 3 aromatic rings. The number of hydrogen-bond donors (Lipinski definition) is 0. The molecule has 3 heterocycles. The molecule has 1 saturated heterocycles. The van der Waals surface area contributed by atoms with Gasteiger partial charge in [0.15, 0.2) is 0 Å². The van der Waals surface area contributed by atoms with E-state index in [-0.39, 0.29) is 5.91 Å². The summed E-state index contributed by atoms with van der Waals surface area (Å²) in [7, 11) is 0. The summed E-state index contributed by atoms with van der Waals surface area (Å²) >= 11 is 0. The van der Waals surface area contributed by atoms with E-state index in [0.29, 0.717) is 12.1 Å². The SMILES string of the molecule is C[C@@H]1CCCN1CCc1ccc(-c2ccc3c(c2)CCN(C(=O)c2cccnc2)C3)cc1. The maximum atomic E-state index is 12.8. The number of aromatic nitrogens is 1. The van der Waals surface area contributed by atoms with E-state index in [0.717, 1.165) is 32.0 Å². The summed E-state index contributed by atoms with van der Waals surface area (Å²) in [5, 5.41) is 0. The van der Waals surface area contributed by atoms with E-state index < -0.39 is 0 Å². The highest BCUT2D eigenvalue weighted by molar-refractivity contribution is 5.94. The van der Waals surface area contributed by atoms with Crippen LogP contribution in [0.25, 0.3) is 11.1 Å². The van der Waals surface area contributed by atoms with Gasteiger partial charge in [0.2, 0.25) is 0 Å². The van der Waals surface area contributed by atoms with E-state index in [1.807, 2.05) is 17.0 Å². The number of carbonyl (C=O) groups excluding carboxylic acids is 1. The van der Waals surface area contributed by atoms with Crippen molar-refractivity contribution in [2.45, 2.75) is 45.2 Å². The highest BCUT2D eigenvalue weighted by atomic mass is 16.2. The van der Waals surface area contributed by atoms with Crippen LogP contribution in [0.1, 0.15) is 46.8 Å². The van der Waals surface area contributed by atoms with Crippen LogP contribution in [-0.4, -0.2) is 46.4 Å². The van der Waals surface area contributed by atoms with E-state index in [1.165, 1.54) is 47.2 Å². The van der Waals surface area contributed by atoms with Crippen LogP contribution in [0.2, 0.25) is 0 Å². The molecule has 0 radical (unpaired) electrons. The van der Waals surface area contributed by atoms with Gasteiger partial charge in [-0.25, -0.2) is 0 Å². The average Bonchev–Trinajstić information content (AvgIpc) is 3.27. The minimum absolute atomic E-state index is 0.0618.